The van der Waals surface area contributed by atoms with Crippen molar-refractivity contribution in [2.45, 2.75) is 0 Å². The summed E-state index contributed by atoms with van der Waals surface area (Å²) in [5.41, 5.74) is 0.809. The van der Waals surface area contributed by atoms with E-state index in [1.165, 1.54) is 7.11 Å². The first-order valence-corrected chi connectivity index (χ1v) is 4.49. The van der Waals surface area contributed by atoms with Gasteiger partial charge in [-0.3, -0.25) is 0 Å². The van der Waals surface area contributed by atoms with Gasteiger partial charge in [0.1, 0.15) is 5.75 Å². The third-order valence-corrected chi connectivity index (χ3v) is 2.04. The van der Waals surface area contributed by atoms with Crippen molar-refractivity contribution < 1.29 is 14.5 Å². The summed E-state index contributed by atoms with van der Waals surface area (Å²) in [5, 5.41) is 0.948. The van der Waals surface area contributed by atoms with Crippen LogP contribution < -0.4 is 9.62 Å². The van der Waals surface area contributed by atoms with Gasteiger partial charge in [0.25, 0.3) is 5.88 Å². The Kier molecular flexibility index (Phi) is 2.69. The highest BCUT2D eigenvalue weighted by Gasteiger charge is 2.06. The molecule has 1 aromatic heterocycles. The van der Waals surface area contributed by atoms with Crippen LogP contribution in [0.5, 0.6) is 11.6 Å². The van der Waals surface area contributed by atoms with Crippen LogP contribution in [-0.2, 0) is 4.89 Å². The molecule has 0 aliphatic rings. The SMILES string of the molecule is COOc1cc(OC)c2ccccc2n1. The second-order valence-electron chi connectivity index (χ2n) is 2.93. The van der Waals surface area contributed by atoms with Crippen molar-refractivity contribution in [1.29, 1.82) is 0 Å². The van der Waals surface area contributed by atoms with Crippen LogP contribution in [0.15, 0.2) is 30.3 Å². The van der Waals surface area contributed by atoms with E-state index in [-0.39, 0.29) is 0 Å². The number of hydrogen-bond donors (Lipinski definition) is 0. The Bertz CT molecular complexity index is 470. The van der Waals surface area contributed by atoms with Crippen LogP contribution in [0.1, 0.15) is 0 Å². The Morgan fingerprint density at radius 3 is 2.67 bits per heavy atom. The van der Waals surface area contributed by atoms with Gasteiger partial charge in [0.15, 0.2) is 0 Å². The molecule has 0 bridgehead atoms. The highest BCUT2D eigenvalue weighted by Crippen LogP contribution is 2.27. The van der Waals surface area contributed by atoms with Gasteiger partial charge in [0.05, 0.1) is 19.7 Å². The minimum atomic E-state index is 0.382. The summed E-state index contributed by atoms with van der Waals surface area (Å²) >= 11 is 0. The second kappa shape index (κ2) is 4.14. The molecule has 0 spiro atoms. The molecule has 0 fully saturated rings. The lowest BCUT2D eigenvalue weighted by molar-refractivity contribution is -0.181. The van der Waals surface area contributed by atoms with Crippen molar-refractivity contribution >= 4 is 10.9 Å². The number of ether oxygens (including phenoxy) is 1. The number of para-hydroxylation sites is 1. The lowest BCUT2D eigenvalue weighted by Crippen LogP contribution is -1.95. The average Bonchev–Trinajstić information content (AvgIpc) is 2.28. The molecule has 0 atom stereocenters. The molecule has 0 unspecified atom stereocenters. The topological polar surface area (TPSA) is 40.6 Å². The first-order valence-electron chi connectivity index (χ1n) is 4.49. The van der Waals surface area contributed by atoms with Crippen molar-refractivity contribution in [1.82, 2.24) is 4.98 Å². The Hall–Kier alpha value is -1.81. The first-order chi connectivity index (χ1) is 7.35. The molecular weight excluding hydrogens is 194 g/mol. The zero-order chi connectivity index (χ0) is 10.7. The Balaban J connectivity index is 2.60. The fourth-order valence-electron chi connectivity index (χ4n) is 1.42. The van der Waals surface area contributed by atoms with E-state index >= 15 is 0 Å². The summed E-state index contributed by atoms with van der Waals surface area (Å²) in [6.45, 7) is 0. The Labute approximate surface area is 87.3 Å². The van der Waals surface area contributed by atoms with E-state index in [1.807, 2.05) is 24.3 Å². The van der Waals surface area contributed by atoms with Crippen LogP contribution in [-0.4, -0.2) is 19.2 Å². The summed E-state index contributed by atoms with van der Waals surface area (Å²) in [7, 11) is 3.04. The minimum absolute atomic E-state index is 0.382. The van der Waals surface area contributed by atoms with E-state index in [0.29, 0.717) is 11.6 Å². The molecule has 2 rings (SSSR count). The molecule has 1 heterocycles. The van der Waals surface area contributed by atoms with E-state index in [1.54, 1.807) is 13.2 Å². The van der Waals surface area contributed by atoms with Gasteiger partial charge in [-0.25, -0.2) is 4.98 Å². The molecular formula is C11H11NO3. The van der Waals surface area contributed by atoms with E-state index in [4.69, 9.17) is 9.62 Å². The average molecular weight is 205 g/mol. The van der Waals surface area contributed by atoms with Gasteiger partial charge in [-0.2, -0.15) is 4.89 Å². The van der Waals surface area contributed by atoms with Crippen molar-refractivity contribution in [3.63, 3.8) is 0 Å². The molecule has 0 amide bonds. The highest BCUT2D eigenvalue weighted by molar-refractivity contribution is 5.85. The van der Waals surface area contributed by atoms with Gasteiger partial charge in [0, 0.05) is 11.5 Å². The molecule has 0 saturated carbocycles. The van der Waals surface area contributed by atoms with Crippen LogP contribution in [0.3, 0.4) is 0 Å². The number of nitrogens with zero attached hydrogens (tertiary/aromatic N) is 1. The summed E-state index contributed by atoms with van der Waals surface area (Å²) < 4.78 is 5.24. The van der Waals surface area contributed by atoms with Crippen molar-refractivity contribution in [3.8, 4) is 11.6 Å². The maximum Gasteiger partial charge on any atom is 0.260 e. The van der Waals surface area contributed by atoms with E-state index in [0.717, 1.165) is 10.9 Å². The van der Waals surface area contributed by atoms with Crippen LogP contribution in [0.2, 0.25) is 0 Å². The molecule has 0 aliphatic heterocycles. The number of benzene rings is 1. The third kappa shape index (κ3) is 1.85. The van der Waals surface area contributed by atoms with Crippen molar-refractivity contribution in [2.75, 3.05) is 14.2 Å². The number of fused-ring (bicyclic) bond motifs is 1. The van der Waals surface area contributed by atoms with E-state index in [9.17, 15) is 0 Å². The van der Waals surface area contributed by atoms with E-state index < -0.39 is 0 Å². The lowest BCUT2D eigenvalue weighted by atomic mass is 10.2. The first kappa shape index (κ1) is 9.73. The summed E-state index contributed by atoms with van der Waals surface area (Å²) in [4.78, 5) is 13.7. The maximum atomic E-state index is 5.24. The summed E-state index contributed by atoms with van der Waals surface area (Å²) in [6, 6.07) is 9.36. The normalized spacial score (nSPS) is 10.3. The third-order valence-electron chi connectivity index (χ3n) is 2.04. The van der Waals surface area contributed by atoms with Crippen LogP contribution in [0.4, 0.5) is 0 Å². The molecule has 0 aliphatic carbocycles. The number of aromatic nitrogens is 1. The van der Waals surface area contributed by atoms with Crippen molar-refractivity contribution in [3.05, 3.63) is 30.3 Å². The fourth-order valence-corrected chi connectivity index (χ4v) is 1.42. The highest BCUT2D eigenvalue weighted by atomic mass is 17.2. The fraction of sp³-hybridized carbons (Fsp3) is 0.182. The monoisotopic (exact) mass is 205 g/mol. The summed E-state index contributed by atoms with van der Waals surface area (Å²) in [5.74, 6) is 1.10. The maximum absolute atomic E-state index is 5.24. The zero-order valence-electron chi connectivity index (χ0n) is 8.56. The smallest absolute Gasteiger partial charge is 0.260 e. The minimum Gasteiger partial charge on any atom is -0.496 e. The Morgan fingerprint density at radius 1 is 1.13 bits per heavy atom. The predicted molar refractivity (Wildman–Crippen MR) is 55.9 cm³/mol. The molecule has 0 saturated heterocycles. The number of hydrogen-bond acceptors (Lipinski definition) is 4. The standard InChI is InChI=1S/C11H11NO3/c1-13-10-7-11(15-14-2)12-9-6-4-3-5-8(9)10/h3-7H,1-2H3. The van der Waals surface area contributed by atoms with Gasteiger partial charge in [0.2, 0.25) is 0 Å². The summed E-state index contributed by atoms with van der Waals surface area (Å²) in [6.07, 6.45) is 0. The molecule has 1 aromatic carbocycles. The number of rotatable bonds is 3. The molecule has 0 N–H and O–H groups in total. The van der Waals surface area contributed by atoms with Crippen LogP contribution in [0, 0.1) is 0 Å². The quantitative estimate of drug-likeness (QED) is 0.568. The van der Waals surface area contributed by atoms with Crippen LogP contribution >= 0.6 is 0 Å². The zero-order valence-corrected chi connectivity index (χ0v) is 8.56. The molecule has 4 heteroatoms. The number of pyridine rings is 1. The molecule has 2 aromatic rings. The Morgan fingerprint density at radius 2 is 1.93 bits per heavy atom. The van der Waals surface area contributed by atoms with Gasteiger partial charge < -0.3 is 9.62 Å². The number of methoxy groups -OCH3 is 1. The molecule has 15 heavy (non-hydrogen) atoms. The largest absolute Gasteiger partial charge is 0.496 e. The van der Waals surface area contributed by atoms with Crippen LogP contribution in [0.25, 0.3) is 10.9 Å². The van der Waals surface area contributed by atoms with Gasteiger partial charge in [-0.1, -0.05) is 12.1 Å². The molecule has 78 valence electrons. The second-order valence-corrected chi connectivity index (χ2v) is 2.93. The lowest BCUT2D eigenvalue weighted by Gasteiger charge is -2.07. The van der Waals surface area contributed by atoms with Gasteiger partial charge in [-0.15, -0.1) is 0 Å². The van der Waals surface area contributed by atoms with Gasteiger partial charge in [-0.05, 0) is 12.1 Å². The van der Waals surface area contributed by atoms with Crippen molar-refractivity contribution in [2.24, 2.45) is 0 Å². The molecule has 4 nitrogen and oxygen atoms in total. The predicted octanol–water partition coefficient (Wildman–Crippen LogP) is 2.18. The van der Waals surface area contributed by atoms with Gasteiger partial charge >= 0.3 is 0 Å². The van der Waals surface area contributed by atoms with E-state index in [2.05, 4.69) is 9.87 Å². The molecule has 0 radical (unpaired) electrons.